The van der Waals surface area contributed by atoms with E-state index in [9.17, 15) is 4.79 Å². The van der Waals surface area contributed by atoms with Crippen LogP contribution in [0.5, 0.6) is 5.75 Å². The Labute approximate surface area is 108 Å². The third-order valence-electron chi connectivity index (χ3n) is 3.06. The van der Waals surface area contributed by atoms with Crippen LogP contribution in [0.25, 0.3) is 0 Å². The first-order chi connectivity index (χ1) is 8.74. The Bertz CT molecular complexity index is 472. The van der Waals surface area contributed by atoms with E-state index in [0.29, 0.717) is 23.8 Å². The average molecular weight is 243 g/mol. The molecule has 0 aliphatic heterocycles. The lowest BCUT2D eigenvalue weighted by molar-refractivity contribution is 0.0769. The minimum atomic E-state index is -0.0150. The Balaban J connectivity index is 2.12. The lowest BCUT2D eigenvalue weighted by Crippen LogP contribution is -2.33. The molecule has 0 heterocycles. The number of hydrogen-bond acceptors (Lipinski definition) is 2. The van der Waals surface area contributed by atoms with Crippen molar-refractivity contribution >= 4 is 5.91 Å². The van der Waals surface area contributed by atoms with Crippen LogP contribution in [0.1, 0.15) is 23.2 Å². The van der Waals surface area contributed by atoms with Gasteiger partial charge in [-0.05, 0) is 37.0 Å². The van der Waals surface area contributed by atoms with Crippen LogP contribution in [0.3, 0.4) is 0 Å². The normalized spacial score (nSPS) is 13.8. The third kappa shape index (κ3) is 3.04. The van der Waals surface area contributed by atoms with E-state index < -0.39 is 0 Å². The van der Waals surface area contributed by atoms with E-state index in [0.717, 1.165) is 6.54 Å². The molecule has 2 rings (SSSR count). The fourth-order valence-corrected chi connectivity index (χ4v) is 1.88. The number of terminal acetylenes is 1. The number of carbonyl (C=O) groups excluding carboxylic acids is 1. The van der Waals surface area contributed by atoms with E-state index in [2.05, 4.69) is 5.92 Å². The Morgan fingerprint density at radius 1 is 1.56 bits per heavy atom. The second-order valence-electron chi connectivity index (χ2n) is 4.57. The van der Waals surface area contributed by atoms with Gasteiger partial charge >= 0.3 is 0 Å². The zero-order chi connectivity index (χ0) is 13.0. The minimum absolute atomic E-state index is 0.0150. The number of nitrogens with zero attached hydrogens (tertiary/aromatic N) is 1. The molecule has 1 amide bonds. The predicted octanol–water partition coefficient (Wildman–Crippen LogP) is 2.18. The molecule has 3 heteroatoms. The van der Waals surface area contributed by atoms with Crippen molar-refractivity contribution in [3.8, 4) is 18.1 Å². The topological polar surface area (TPSA) is 29.5 Å². The van der Waals surface area contributed by atoms with Crippen LogP contribution in [-0.4, -0.2) is 31.0 Å². The Kier molecular flexibility index (Phi) is 3.88. The van der Waals surface area contributed by atoms with Gasteiger partial charge in [-0.25, -0.2) is 0 Å². The van der Waals surface area contributed by atoms with Gasteiger partial charge in [-0.3, -0.25) is 4.79 Å². The summed E-state index contributed by atoms with van der Waals surface area (Å²) in [6.45, 7) is 1.13. The zero-order valence-corrected chi connectivity index (χ0v) is 10.6. The van der Waals surface area contributed by atoms with E-state index in [4.69, 9.17) is 11.2 Å². The van der Waals surface area contributed by atoms with E-state index in [1.54, 1.807) is 24.1 Å². The van der Waals surface area contributed by atoms with Gasteiger partial charge < -0.3 is 9.64 Å². The van der Waals surface area contributed by atoms with E-state index in [1.165, 1.54) is 12.8 Å². The zero-order valence-electron chi connectivity index (χ0n) is 10.6. The molecule has 18 heavy (non-hydrogen) atoms. The van der Waals surface area contributed by atoms with Gasteiger partial charge in [0.1, 0.15) is 5.75 Å². The van der Waals surface area contributed by atoms with Crippen LogP contribution >= 0.6 is 0 Å². The quantitative estimate of drug-likeness (QED) is 0.742. The van der Waals surface area contributed by atoms with Gasteiger partial charge in [0.05, 0.1) is 13.7 Å². The molecule has 0 unspecified atom stereocenters. The highest BCUT2D eigenvalue weighted by Crippen LogP contribution is 2.30. The molecular weight excluding hydrogens is 226 g/mol. The van der Waals surface area contributed by atoms with Crippen molar-refractivity contribution in [1.82, 2.24) is 4.90 Å². The monoisotopic (exact) mass is 243 g/mol. The summed E-state index contributed by atoms with van der Waals surface area (Å²) < 4.78 is 5.13. The summed E-state index contributed by atoms with van der Waals surface area (Å²) in [4.78, 5) is 14.1. The van der Waals surface area contributed by atoms with Crippen LogP contribution in [0.15, 0.2) is 24.3 Å². The van der Waals surface area contributed by atoms with Crippen molar-refractivity contribution in [2.45, 2.75) is 12.8 Å². The summed E-state index contributed by atoms with van der Waals surface area (Å²) in [5, 5.41) is 0. The van der Waals surface area contributed by atoms with Crippen LogP contribution in [0.2, 0.25) is 0 Å². The molecule has 0 saturated heterocycles. The first-order valence-corrected chi connectivity index (χ1v) is 6.11. The molecule has 0 radical (unpaired) electrons. The molecule has 1 aromatic carbocycles. The summed E-state index contributed by atoms with van der Waals surface area (Å²) in [5.74, 6) is 3.86. The number of methoxy groups -OCH3 is 1. The molecule has 1 aliphatic carbocycles. The highest BCUT2D eigenvalue weighted by molar-refractivity contribution is 5.94. The summed E-state index contributed by atoms with van der Waals surface area (Å²) >= 11 is 0. The van der Waals surface area contributed by atoms with Crippen molar-refractivity contribution in [3.05, 3.63) is 29.8 Å². The fourth-order valence-electron chi connectivity index (χ4n) is 1.88. The molecule has 1 saturated carbocycles. The van der Waals surface area contributed by atoms with Gasteiger partial charge in [0.25, 0.3) is 5.91 Å². The Hall–Kier alpha value is -1.95. The van der Waals surface area contributed by atoms with Gasteiger partial charge in [0, 0.05) is 12.1 Å². The molecule has 1 aliphatic rings. The minimum Gasteiger partial charge on any atom is -0.497 e. The molecule has 1 aromatic rings. The van der Waals surface area contributed by atoms with Gasteiger partial charge in [0.15, 0.2) is 0 Å². The second kappa shape index (κ2) is 5.59. The highest BCUT2D eigenvalue weighted by Gasteiger charge is 2.26. The van der Waals surface area contributed by atoms with Crippen molar-refractivity contribution < 1.29 is 9.53 Å². The van der Waals surface area contributed by atoms with E-state index >= 15 is 0 Å². The molecule has 1 fully saturated rings. The lowest BCUT2D eigenvalue weighted by atomic mass is 10.2. The predicted molar refractivity (Wildman–Crippen MR) is 70.5 cm³/mol. The van der Waals surface area contributed by atoms with Gasteiger partial charge in [0.2, 0.25) is 0 Å². The number of benzene rings is 1. The lowest BCUT2D eigenvalue weighted by Gasteiger charge is -2.20. The Morgan fingerprint density at radius 2 is 2.33 bits per heavy atom. The molecule has 0 atom stereocenters. The third-order valence-corrected chi connectivity index (χ3v) is 3.06. The number of carbonyl (C=O) groups is 1. The van der Waals surface area contributed by atoms with E-state index in [1.807, 2.05) is 12.1 Å². The number of hydrogen-bond donors (Lipinski definition) is 0. The van der Waals surface area contributed by atoms with Crippen LogP contribution in [0.4, 0.5) is 0 Å². The highest BCUT2D eigenvalue weighted by atomic mass is 16.5. The summed E-state index contributed by atoms with van der Waals surface area (Å²) in [6, 6.07) is 7.18. The van der Waals surface area contributed by atoms with Crippen LogP contribution < -0.4 is 4.74 Å². The summed E-state index contributed by atoms with van der Waals surface area (Å²) in [5.41, 5.74) is 0.630. The number of amides is 1. The van der Waals surface area contributed by atoms with Crippen LogP contribution in [0, 0.1) is 18.3 Å². The van der Waals surface area contributed by atoms with Crippen LogP contribution in [-0.2, 0) is 0 Å². The molecule has 94 valence electrons. The smallest absolute Gasteiger partial charge is 0.254 e. The van der Waals surface area contributed by atoms with Crippen molar-refractivity contribution in [1.29, 1.82) is 0 Å². The SMILES string of the molecule is C#CCN(CC1CC1)C(=O)c1cccc(OC)c1. The molecular formula is C15H17NO2. The first kappa shape index (κ1) is 12.5. The van der Waals surface area contributed by atoms with Gasteiger partial charge in [-0.1, -0.05) is 12.0 Å². The number of ether oxygens (including phenoxy) is 1. The first-order valence-electron chi connectivity index (χ1n) is 6.11. The maximum Gasteiger partial charge on any atom is 0.254 e. The average Bonchev–Trinajstić information content (AvgIpc) is 3.21. The molecule has 0 spiro atoms. The Morgan fingerprint density at radius 3 is 2.94 bits per heavy atom. The summed E-state index contributed by atoms with van der Waals surface area (Å²) in [6.07, 6.45) is 7.73. The van der Waals surface area contributed by atoms with E-state index in [-0.39, 0.29) is 5.91 Å². The summed E-state index contributed by atoms with van der Waals surface area (Å²) in [7, 11) is 1.59. The number of rotatable bonds is 5. The molecule has 0 aromatic heterocycles. The standard InChI is InChI=1S/C15H17NO2/c1-3-9-16(11-12-7-8-12)15(17)13-5-4-6-14(10-13)18-2/h1,4-6,10,12H,7-9,11H2,2H3. The molecule has 0 N–H and O–H groups in total. The van der Waals surface area contributed by atoms with Crippen molar-refractivity contribution in [3.63, 3.8) is 0 Å². The molecule has 0 bridgehead atoms. The van der Waals surface area contributed by atoms with Crippen molar-refractivity contribution in [2.24, 2.45) is 5.92 Å². The second-order valence-corrected chi connectivity index (χ2v) is 4.57. The van der Waals surface area contributed by atoms with Gasteiger partial charge in [-0.15, -0.1) is 6.42 Å². The van der Waals surface area contributed by atoms with Gasteiger partial charge in [-0.2, -0.15) is 0 Å². The van der Waals surface area contributed by atoms with Crippen molar-refractivity contribution in [2.75, 3.05) is 20.2 Å². The maximum absolute atomic E-state index is 12.3. The fraction of sp³-hybridized carbons (Fsp3) is 0.400. The maximum atomic E-state index is 12.3. The molecule has 3 nitrogen and oxygen atoms in total. The largest absolute Gasteiger partial charge is 0.497 e.